The highest BCUT2D eigenvalue weighted by Gasteiger charge is 2.41. The molecule has 2 rings (SSSR count). The fourth-order valence-corrected chi connectivity index (χ4v) is 2.19. The molecule has 0 radical (unpaired) electrons. The van der Waals surface area contributed by atoms with Crippen molar-refractivity contribution in [2.45, 2.75) is 26.9 Å². The molecule has 1 saturated heterocycles. The van der Waals surface area contributed by atoms with Crippen molar-refractivity contribution in [1.29, 1.82) is 0 Å². The molecule has 19 heavy (non-hydrogen) atoms. The molecule has 0 spiro atoms. The van der Waals surface area contributed by atoms with Gasteiger partial charge >= 0.3 is 5.91 Å². The summed E-state index contributed by atoms with van der Waals surface area (Å²) in [5, 5.41) is 1.34. The number of amides is 1. The fourth-order valence-electron chi connectivity index (χ4n) is 2.19. The number of hydrogen-bond donors (Lipinski definition) is 1. The van der Waals surface area contributed by atoms with Gasteiger partial charge in [0.25, 0.3) is 5.78 Å². The van der Waals surface area contributed by atoms with Gasteiger partial charge in [-0.25, -0.2) is 10.4 Å². The van der Waals surface area contributed by atoms with Gasteiger partial charge in [-0.05, 0) is 32.1 Å². The summed E-state index contributed by atoms with van der Waals surface area (Å²) >= 11 is 0. The first kappa shape index (κ1) is 13.7. The average Bonchev–Trinajstić information content (AvgIpc) is 2.70. The number of anilines is 1. The second kappa shape index (κ2) is 5.50. The summed E-state index contributed by atoms with van der Waals surface area (Å²) in [6.07, 6.45) is -0.552. The Bertz CT molecular complexity index is 480. The maximum atomic E-state index is 12.0. The van der Waals surface area contributed by atoms with Crippen molar-refractivity contribution in [2.24, 2.45) is 0 Å². The summed E-state index contributed by atoms with van der Waals surface area (Å²) in [5.41, 5.74) is 4.79. The molecule has 1 aromatic rings. The van der Waals surface area contributed by atoms with E-state index in [2.05, 4.69) is 5.43 Å². The Balaban J connectivity index is 2.23. The van der Waals surface area contributed by atoms with E-state index in [-0.39, 0.29) is 0 Å². The zero-order chi connectivity index (χ0) is 14.0. The van der Waals surface area contributed by atoms with E-state index in [1.54, 1.807) is 0 Å². The van der Waals surface area contributed by atoms with Gasteiger partial charge in [-0.2, -0.15) is 0 Å². The normalized spacial score (nSPS) is 19.6. The van der Waals surface area contributed by atoms with Crippen molar-refractivity contribution >= 4 is 17.4 Å². The largest absolute Gasteiger partial charge is 0.312 e. The summed E-state index contributed by atoms with van der Waals surface area (Å²) in [6.45, 7) is 7.35. The first-order valence-electron chi connectivity index (χ1n) is 6.53. The maximum Gasteiger partial charge on any atom is 0.312 e. The van der Waals surface area contributed by atoms with Crippen molar-refractivity contribution < 1.29 is 9.59 Å². The number of hydrazine groups is 1. The molecule has 5 heteroatoms. The first-order valence-corrected chi connectivity index (χ1v) is 6.53. The second-order valence-corrected chi connectivity index (χ2v) is 4.59. The Morgan fingerprint density at radius 3 is 2.26 bits per heavy atom. The van der Waals surface area contributed by atoms with E-state index in [0.29, 0.717) is 5.69 Å². The number of carbonyl (C=O) groups excluding carboxylic acids is 2. The predicted octanol–water partition coefficient (Wildman–Crippen LogP) is 1.08. The smallest absolute Gasteiger partial charge is 0.285 e. The van der Waals surface area contributed by atoms with Gasteiger partial charge < -0.3 is 0 Å². The fraction of sp³-hybridized carbons (Fsp3) is 0.429. The highest BCUT2D eigenvalue weighted by atomic mass is 16.2. The Morgan fingerprint density at radius 1 is 1.16 bits per heavy atom. The minimum atomic E-state index is -0.552. The van der Waals surface area contributed by atoms with Crippen molar-refractivity contribution in [3.05, 3.63) is 29.8 Å². The number of carbonyl (C=O) groups is 2. The molecule has 1 aliphatic rings. The molecule has 1 atom stereocenters. The Morgan fingerprint density at radius 2 is 1.74 bits per heavy atom. The Labute approximate surface area is 113 Å². The number of nitrogens with one attached hydrogen (secondary N) is 1. The lowest BCUT2D eigenvalue weighted by atomic mass is 10.2. The van der Waals surface area contributed by atoms with Crippen LogP contribution >= 0.6 is 0 Å². The van der Waals surface area contributed by atoms with Crippen LogP contribution in [-0.4, -0.2) is 35.8 Å². The molecule has 1 unspecified atom stereocenters. The van der Waals surface area contributed by atoms with Gasteiger partial charge in [0, 0.05) is 0 Å². The Hall–Kier alpha value is -1.72. The molecule has 1 aliphatic heterocycles. The number of Topliss-reactive ketones (excluding diaryl/α,β-unsaturated/α-hetero) is 1. The zero-order valence-electron chi connectivity index (χ0n) is 11.5. The van der Waals surface area contributed by atoms with Crippen LogP contribution in [0.15, 0.2) is 24.3 Å². The molecule has 1 heterocycles. The van der Waals surface area contributed by atoms with Crippen LogP contribution in [-0.2, 0) is 9.59 Å². The third kappa shape index (κ3) is 2.52. The van der Waals surface area contributed by atoms with Crippen LogP contribution in [0.5, 0.6) is 0 Å². The molecule has 0 aromatic heterocycles. The Kier molecular flexibility index (Phi) is 3.97. The molecule has 0 saturated carbocycles. The van der Waals surface area contributed by atoms with Gasteiger partial charge in [-0.3, -0.25) is 14.5 Å². The minimum absolute atomic E-state index is 0.399. The first-order chi connectivity index (χ1) is 9.08. The predicted molar refractivity (Wildman–Crippen MR) is 73.5 cm³/mol. The number of benzene rings is 1. The molecular weight excluding hydrogens is 242 g/mol. The SMILES string of the molecule is CCN(CC)C1NN(c2ccc(C)cc2)C(=O)C1=O. The third-order valence-electron chi connectivity index (χ3n) is 3.38. The summed E-state index contributed by atoms with van der Waals surface area (Å²) in [4.78, 5) is 26.0. The van der Waals surface area contributed by atoms with Gasteiger partial charge in [0.15, 0.2) is 0 Å². The van der Waals surface area contributed by atoms with Crippen LogP contribution in [0.1, 0.15) is 19.4 Å². The lowest BCUT2D eigenvalue weighted by Crippen LogP contribution is -2.48. The topological polar surface area (TPSA) is 52.6 Å². The highest BCUT2D eigenvalue weighted by molar-refractivity contribution is 6.44. The summed E-state index contributed by atoms with van der Waals surface area (Å²) in [6, 6.07) is 7.50. The average molecular weight is 261 g/mol. The van der Waals surface area contributed by atoms with Gasteiger partial charge in [0.2, 0.25) is 0 Å². The number of aryl methyl sites for hydroxylation is 1. The molecule has 0 aliphatic carbocycles. The molecule has 1 N–H and O–H groups in total. The monoisotopic (exact) mass is 261 g/mol. The van der Waals surface area contributed by atoms with Crippen molar-refractivity contribution in [3.63, 3.8) is 0 Å². The number of rotatable bonds is 4. The molecular formula is C14H19N3O2. The van der Waals surface area contributed by atoms with E-state index in [0.717, 1.165) is 18.7 Å². The van der Waals surface area contributed by atoms with Crippen LogP contribution in [0.2, 0.25) is 0 Å². The van der Waals surface area contributed by atoms with Gasteiger partial charge in [-0.15, -0.1) is 0 Å². The standard InChI is InChI=1S/C14H19N3O2/c1-4-16(5-2)13-12(18)14(19)17(15-13)11-8-6-10(3)7-9-11/h6-9,13,15H,4-5H2,1-3H3. The van der Waals surface area contributed by atoms with Crippen LogP contribution in [0.25, 0.3) is 0 Å². The van der Waals surface area contributed by atoms with Gasteiger partial charge in [-0.1, -0.05) is 31.5 Å². The number of ketones is 1. The zero-order valence-corrected chi connectivity index (χ0v) is 11.5. The van der Waals surface area contributed by atoms with Gasteiger partial charge in [0.05, 0.1) is 5.69 Å². The lowest BCUT2D eigenvalue weighted by molar-refractivity contribution is -0.136. The highest BCUT2D eigenvalue weighted by Crippen LogP contribution is 2.19. The van der Waals surface area contributed by atoms with E-state index >= 15 is 0 Å². The van der Waals surface area contributed by atoms with E-state index < -0.39 is 17.9 Å². The van der Waals surface area contributed by atoms with E-state index in [9.17, 15) is 9.59 Å². The van der Waals surface area contributed by atoms with Crippen molar-refractivity contribution in [1.82, 2.24) is 10.3 Å². The quantitative estimate of drug-likeness (QED) is 0.824. The third-order valence-corrected chi connectivity index (χ3v) is 3.38. The summed E-state index contributed by atoms with van der Waals surface area (Å²) < 4.78 is 0. The molecule has 1 fully saturated rings. The van der Waals surface area contributed by atoms with E-state index in [1.165, 1.54) is 5.01 Å². The molecule has 102 valence electrons. The minimum Gasteiger partial charge on any atom is -0.285 e. The number of hydrogen-bond acceptors (Lipinski definition) is 4. The van der Waals surface area contributed by atoms with E-state index in [4.69, 9.17) is 0 Å². The maximum absolute atomic E-state index is 12.0. The molecule has 5 nitrogen and oxygen atoms in total. The molecule has 1 amide bonds. The van der Waals surface area contributed by atoms with Crippen LogP contribution < -0.4 is 10.4 Å². The molecule has 1 aromatic carbocycles. The lowest BCUT2D eigenvalue weighted by Gasteiger charge is -2.25. The van der Waals surface area contributed by atoms with Crippen molar-refractivity contribution in [2.75, 3.05) is 18.1 Å². The number of nitrogens with zero attached hydrogens (tertiary/aromatic N) is 2. The van der Waals surface area contributed by atoms with Crippen LogP contribution in [0, 0.1) is 6.92 Å². The second-order valence-electron chi connectivity index (χ2n) is 4.59. The van der Waals surface area contributed by atoms with E-state index in [1.807, 2.05) is 49.9 Å². The van der Waals surface area contributed by atoms with Crippen molar-refractivity contribution in [3.8, 4) is 0 Å². The molecule has 0 bridgehead atoms. The summed E-state index contributed by atoms with van der Waals surface area (Å²) in [5.74, 6) is -0.898. The van der Waals surface area contributed by atoms with Crippen LogP contribution in [0.3, 0.4) is 0 Å². The summed E-state index contributed by atoms with van der Waals surface area (Å²) in [7, 11) is 0. The van der Waals surface area contributed by atoms with Crippen LogP contribution in [0.4, 0.5) is 5.69 Å². The number of likely N-dealkylation sites (N-methyl/N-ethyl adjacent to an activating group) is 1. The van der Waals surface area contributed by atoms with Gasteiger partial charge in [0.1, 0.15) is 6.17 Å².